The van der Waals surface area contributed by atoms with E-state index in [1.54, 1.807) is 25.1 Å². The average molecular weight is 430 g/mol. The van der Waals surface area contributed by atoms with Crippen LogP contribution in [0.3, 0.4) is 0 Å². The molecule has 1 atom stereocenters. The summed E-state index contributed by atoms with van der Waals surface area (Å²) in [7, 11) is 1.18. The quantitative estimate of drug-likeness (QED) is 0.723. The minimum Gasteiger partial charge on any atom is -0.466 e. The fourth-order valence-electron chi connectivity index (χ4n) is 3.17. The number of hydrogen-bond acceptors (Lipinski definition) is 6. The normalized spacial score (nSPS) is 19.8. The fourth-order valence-corrected chi connectivity index (χ4v) is 3.59. The summed E-state index contributed by atoms with van der Waals surface area (Å²) in [5, 5.41) is 3.17. The number of carbonyl (C=O) groups excluding carboxylic acids is 2. The first-order valence-corrected chi connectivity index (χ1v) is 9.22. The van der Waals surface area contributed by atoms with E-state index in [9.17, 15) is 14.0 Å². The van der Waals surface area contributed by atoms with Crippen LogP contribution in [0.5, 0.6) is 0 Å². The molecule has 0 spiro atoms. The van der Waals surface area contributed by atoms with Gasteiger partial charge in [-0.15, -0.1) is 0 Å². The number of hydrogen-bond donors (Lipinski definition) is 1. The van der Waals surface area contributed by atoms with E-state index in [2.05, 4.69) is 5.32 Å². The van der Waals surface area contributed by atoms with Gasteiger partial charge in [-0.05, 0) is 18.6 Å². The molecule has 1 N–H and O–H groups in total. The molecule has 6 nitrogen and oxygen atoms in total. The van der Waals surface area contributed by atoms with Crippen molar-refractivity contribution in [3.8, 4) is 0 Å². The number of alkyl halides is 1. The van der Waals surface area contributed by atoms with Gasteiger partial charge in [0.1, 0.15) is 12.8 Å². The second-order valence-corrected chi connectivity index (χ2v) is 7.11. The molecular weight excluding hydrogens is 412 g/mol. The minimum atomic E-state index is -1.00. The maximum Gasteiger partial charge on any atom is 0.337 e. The summed E-state index contributed by atoms with van der Waals surface area (Å²) in [5.74, 6) is -2.44. The number of carbonyl (C=O) groups is 2. The summed E-state index contributed by atoms with van der Waals surface area (Å²) in [6, 6.07) is 4.83. The first-order chi connectivity index (χ1) is 13.4. The number of methoxy groups -OCH3 is 1. The van der Waals surface area contributed by atoms with Gasteiger partial charge in [-0.1, -0.05) is 35.3 Å². The summed E-state index contributed by atoms with van der Waals surface area (Å²) in [5.41, 5.74) is 0.795. The van der Waals surface area contributed by atoms with Gasteiger partial charge in [0, 0.05) is 5.70 Å². The topological polar surface area (TPSA) is 73.9 Å². The molecule has 2 aliphatic rings. The van der Waals surface area contributed by atoms with Crippen molar-refractivity contribution in [1.29, 1.82) is 0 Å². The second-order valence-electron chi connectivity index (χ2n) is 6.32. The summed E-state index contributed by atoms with van der Waals surface area (Å²) in [6.07, 6.45) is -0.378. The molecule has 0 saturated carbocycles. The Hall–Kier alpha value is -2.09. The first kappa shape index (κ1) is 20.6. The van der Waals surface area contributed by atoms with Crippen molar-refractivity contribution in [3.05, 3.63) is 56.3 Å². The second kappa shape index (κ2) is 8.51. The van der Waals surface area contributed by atoms with Crippen LogP contribution in [0.15, 0.2) is 40.7 Å². The monoisotopic (exact) mass is 429 g/mol. The summed E-state index contributed by atoms with van der Waals surface area (Å²) >= 11 is 12.5. The molecule has 2 heterocycles. The average Bonchev–Trinajstić information content (AvgIpc) is 2.65. The molecule has 1 saturated heterocycles. The number of allylic oxidation sites excluding steroid dienone is 2. The molecule has 1 fully saturated rings. The lowest BCUT2D eigenvalue weighted by molar-refractivity contribution is -0.168. The molecule has 2 aliphatic heterocycles. The van der Waals surface area contributed by atoms with Crippen LogP contribution in [-0.2, 0) is 23.8 Å². The van der Waals surface area contributed by atoms with Crippen molar-refractivity contribution in [2.24, 2.45) is 0 Å². The SMILES string of the molecule is COC(=O)C1=C(CF)NC(C)=C(C(=O)OC2COC2)C1c1cccc(Cl)c1Cl. The zero-order valence-electron chi connectivity index (χ0n) is 15.2. The van der Waals surface area contributed by atoms with Crippen LogP contribution in [0.2, 0.25) is 10.0 Å². The van der Waals surface area contributed by atoms with E-state index in [1.807, 2.05) is 0 Å². The molecule has 0 amide bonds. The maximum absolute atomic E-state index is 13.7. The van der Waals surface area contributed by atoms with Crippen LogP contribution < -0.4 is 5.32 Å². The molecule has 0 radical (unpaired) electrons. The van der Waals surface area contributed by atoms with Crippen molar-refractivity contribution in [1.82, 2.24) is 5.32 Å². The highest BCUT2D eigenvalue weighted by molar-refractivity contribution is 6.42. The van der Waals surface area contributed by atoms with Gasteiger partial charge in [0.2, 0.25) is 0 Å². The van der Waals surface area contributed by atoms with E-state index < -0.39 is 24.5 Å². The lowest BCUT2D eigenvalue weighted by Crippen LogP contribution is -2.40. The molecule has 150 valence electrons. The van der Waals surface area contributed by atoms with E-state index in [4.69, 9.17) is 37.4 Å². The molecule has 1 unspecified atom stereocenters. The molecule has 1 aromatic rings. The number of dihydropyridines is 1. The molecule has 0 aliphatic carbocycles. The zero-order valence-corrected chi connectivity index (χ0v) is 16.7. The smallest absolute Gasteiger partial charge is 0.337 e. The van der Waals surface area contributed by atoms with Crippen LogP contribution in [-0.4, -0.2) is 45.0 Å². The van der Waals surface area contributed by atoms with Crippen molar-refractivity contribution in [3.63, 3.8) is 0 Å². The van der Waals surface area contributed by atoms with Crippen LogP contribution in [0.1, 0.15) is 18.4 Å². The largest absolute Gasteiger partial charge is 0.466 e. The Morgan fingerprint density at radius 1 is 1.25 bits per heavy atom. The fraction of sp³-hybridized carbons (Fsp3) is 0.368. The van der Waals surface area contributed by atoms with Crippen LogP contribution in [0.25, 0.3) is 0 Å². The number of nitrogens with one attached hydrogen (secondary N) is 1. The zero-order chi connectivity index (χ0) is 20.4. The van der Waals surface area contributed by atoms with Gasteiger partial charge in [-0.2, -0.15) is 0 Å². The Bertz CT molecular complexity index is 879. The van der Waals surface area contributed by atoms with Gasteiger partial charge in [-0.3, -0.25) is 0 Å². The van der Waals surface area contributed by atoms with Gasteiger partial charge in [-0.25, -0.2) is 14.0 Å². The highest BCUT2D eigenvalue weighted by Crippen LogP contribution is 2.43. The Labute approximate surface area is 171 Å². The Morgan fingerprint density at radius 2 is 1.96 bits per heavy atom. The third-order valence-electron chi connectivity index (χ3n) is 4.58. The Balaban J connectivity index is 2.16. The van der Waals surface area contributed by atoms with E-state index >= 15 is 0 Å². The maximum atomic E-state index is 13.7. The van der Waals surface area contributed by atoms with Gasteiger partial charge in [0.15, 0.2) is 0 Å². The highest BCUT2D eigenvalue weighted by Gasteiger charge is 2.41. The molecular formula is C19H18Cl2FNO5. The molecule has 3 rings (SSSR count). The van der Waals surface area contributed by atoms with Crippen LogP contribution >= 0.6 is 23.2 Å². The van der Waals surface area contributed by atoms with Gasteiger partial charge in [0.05, 0.1) is 53.1 Å². The van der Waals surface area contributed by atoms with Crippen molar-refractivity contribution in [2.45, 2.75) is 18.9 Å². The Kier molecular flexibility index (Phi) is 6.27. The third-order valence-corrected chi connectivity index (χ3v) is 5.41. The summed E-state index contributed by atoms with van der Waals surface area (Å²) in [4.78, 5) is 25.4. The van der Waals surface area contributed by atoms with Gasteiger partial charge >= 0.3 is 11.9 Å². The van der Waals surface area contributed by atoms with Crippen LogP contribution in [0, 0.1) is 0 Å². The number of halogens is 3. The number of ether oxygens (including phenoxy) is 3. The molecule has 0 aromatic heterocycles. The standard InChI is InChI=1S/C19H18Cl2FNO5/c1-9-14(19(25)28-10-7-27-8-10)15(11-4-3-5-12(20)17(11)21)16(18(24)26-2)13(6-22)23-9/h3-5,10,15,23H,6-8H2,1-2H3. The predicted octanol–water partition coefficient (Wildman–Crippen LogP) is 3.29. The molecule has 9 heteroatoms. The van der Waals surface area contributed by atoms with Crippen LogP contribution in [0.4, 0.5) is 4.39 Å². The van der Waals surface area contributed by atoms with Gasteiger partial charge < -0.3 is 19.5 Å². The van der Waals surface area contributed by atoms with E-state index in [0.29, 0.717) is 24.5 Å². The molecule has 1 aromatic carbocycles. The van der Waals surface area contributed by atoms with Crippen molar-refractivity contribution < 1.29 is 28.2 Å². The summed E-state index contributed by atoms with van der Waals surface area (Å²) in [6.45, 7) is 1.23. The number of rotatable bonds is 5. The highest BCUT2D eigenvalue weighted by atomic mass is 35.5. The van der Waals surface area contributed by atoms with Crippen molar-refractivity contribution in [2.75, 3.05) is 27.0 Å². The van der Waals surface area contributed by atoms with E-state index in [1.165, 1.54) is 7.11 Å². The van der Waals surface area contributed by atoms with E-state index in [0.717, 1.165) is 0 Å². The number of esters is 2. The van der Waals surface area contributed by atoms with Crippen molar-refractivity contribution >= 4 is 35.1 Å². The molecule has 0 bridgehead atoms. The van der Waals surface area contributed by atoms with Gasteiger partial charge in [0.25, 0.3) is 0 Å². The first-order valence-electron chi connectivity index (χ1n) is 8.46. The Morgan fingerprint density at radius 3 is 2.54 bits per heavy atom. The third kappa shape index (κ3) is 3.74. The van der Waals surface area contributed by atoms with E-state index in [-0.39, 0.29) is 33.0 Å². The lowest BCUT2D eigenvalue weighted by Gasteiger charge is -2.33. The predicted molar refractivity (Wildman–Crippen MR) is 101 cm³/mol. The lowest BCUT2D eigenvalue weighted by atomic mass is 9.80. The molecule has 28 heavy (non-hydrogen) atoms. The number of benzene rings is 1. The minimum absolute atomic E-state index is 0.00563. The summed E-state index contributed by atoms with van der Waals surface area (Å²) < 4.78 is 29.0.